The number of carbonyl (C=O) groups is 2. The summed E-state index contributed by atoms with van der Waals surface area (Å²) in [4.78, 5) is 26.4. The molecule has 1 atom stereocenters. The minimum atomic E-state index is -0.482. The molecule has 1 aliphatic rings. The van der Waals surface area contributed by atoms with Crippen LogP contribution in [0.4, 0.5) is 0 Å². The molecule has 4 nitrogen and oxygen atoms in total. The molecule has 0 bridgehead atoms. The SMILES string of the molecule is COC(=O)C1CCCCN1C(=O)c1scc(C)c1Cl. The summed E-state index contributed by atoms with van der Waals surface area (Å²) in [5.41, 5.74) is 0.890. The highest BCUT2D eigenvalue weighted by molar-refractivity contribution is 7.13. The van der Waals surface area contributed by atoms with E-state index in [1.165, 1.54) is 18.4 Å². The first-order valence-electron chi connectivity index (χ1n) is 6.18. The van der Waals surface area contributed by atoms with Gasteiger partial charge in [0.2, 0.25) is 0 Å². The number of hydrogen-bond donors (Lipinski definition) is 0. The third-order valence-electron chi connectivity index (χ3n) is 3.33. The lowest BCUT2D eigenvalue weighted by Gasteiger charge is -2.33. The van der Waals surface area contributed by atoms with Gasteiger partial charge in [0.25, 0.3) is 5.91 Å². The second-order valence-electron chi connectivity index (χ2n) is 4.60. The van der Waals surface area contributed by atoms with Crippen molar-refractivity contribution in [3.05, 3.63) is 20.8 Å². The average molecular weight is 302 g/mol. The molecule has 1 fully saturated rings. The van der Waals surface area contributed by atoms with Crippen molar-refractivity contribution in [2.45, 2.75) is 32.2 Å². The first kappa shape index (κ1) is 14.3. The second-order valence-corrected chi connectivity index (χ2v) is 5.85. The van der Waals surface area contributed by atoms with E-state index in [1.54, 1.807) is 4.90 Å². The van der Waals surface area contributed by atoms with Crippen LogP contribution < -0.4 is 0 Å². The minimum absolute atomic E-state index is 0.168. The lowest BCUT2D eigenvalue weighted by atomic mass is 10.0. The smallest absolute Gasteiger partial charge is 0.328 e. The van der Waals surface area contributed by atoms with Crippen molar-refractivity contribution in [2.24, 2.45) is 0 Å². The van der Waals surface area contributed by atoms with Crippen molar-refractivity contribution in [3.8, 4) is 0 Å². The summed E-state index contributed by atoms with van der Waals surface area (Å²) in [7, 11) is 1.35. The zero-order valence-electron chi connectivity index (χ0n) is 10.9. The molecular formula is C13H16ClNO3S. The Balaban J connectivity index is 2.25. The highest BCUT2D eigenvalue weighted by atomic mass is 35.5. The zero-order chi connectivity index (χ0) is 14.0. The maximum atomic E-state index is 12.5. The van der Waals surface area contributed by atoms with Crippen LogP contribution >= 0.6 is 22.9 Å². The Morgan fingerprint density at radius 2 is 2.21 bits per heavy atom. The molecule has 2 heterocycles. The van der Waals surface area contributed by atoms with Gasteiger partial charge >= 0.3 is 5.97 Å². The molecule has 104 valence electrons. The first-order chi connectivity index (χ1) is 9.06. The Morgan fingerprint density at radius 1 is 1.47 bits per heavy atom. The molecule has 6 heteroatoms. The van der Waals surface area contributed by atoms with Gasteiger partial charge in [-0.1, -0.05) is 11.6 Å². The third-order valence-corrected chi connectivity index (χ3v) is 5.02. The fraction of sp³-hybridized carbons (Fsp3) is 0.538. The van der Waals surface area contributed by atoms with E-state index in [0.717, 1.165) is 18.4 Å². The van der Waals surface area contributed by atoms with E-state index >= 15 is 0 Å². The van der Waals surface area contributed by atoms with Crippen molar-refractivity contribution in [2.75, 3.05) is 13.7 Å². The number of esters is 1. The van der Waals surface area contributed by atoms with Crippen molar-refractivity contribution in [1.29, 1.82) is 0 Å². The van der Waals surface area contributed by atoms with Gasteiger partial charge in [0, 0.05) is 6.54 Å². The molecule has 1 aliphatic heterocycles. The number of likely N-dealkylation sites (tertiary alicyclic amines) is 1. The number of thiophene rings is 1. The number of methoxy groups -OCH3 is 1. The molecule has 19 heavy (non-hydrogen) atoms. The standard InChI is InChI=1S/C13H16ClNO3S/c1-8-7-19-11(10(8)14)12(16)15-6-4-3-5-9(15)13(17)18-2/h7,9H,3-6H2,1-2H3. The summed E-state index contributed by atoms with van der Waals surface area (Å²) in [6, 6.07) is -0.482. The van der Waals surface area contributed by atoms with E-state index in [1.807, 2.05) is 12.3 Å². The van der Waals surface area contributed by atoms with E-state index in [4.69, 9.17) is 16.3 Å². The van der Waals surface area contributed by atoms with Crippen LogP contribution in [0.25, 0.3) is 0 Å². The molecule has 0 radical (unpaired) electrons. The normalized spacial score (nSPS) is 19.3. The second kappa shape index (κ2) is 5.92. The van der Waals surface area contributed by atoms with Gasteiger partial charge in [-0.25, -0.2) is 4.79 Å². The molecule has 1 aromatic heterocycles. The molecule has 0 aliphatic carbocycles. The summed E-state index contributed by atoms with van der Waals surface area (Å²) < 4.78 is 4.78. The predicted octanol–water partition coefficient (Wildman–Crippen LogP) is 2.88. The number of amides is 1. The summed E-state index contributed by atoms with van der Waals surface area (Å²) in [5, 5.41) is 2.34. The number of hydrogen-bond acceptors (Lipinski definition) is 4. The summed E-state index contributed by atoms with van der Waals surface area (Å²) in [5.74, 6) is -0.518. The fourth-order valence-corrected chi connectivity index (χ4v) is 3.49. The molecule has 1 aromatic rings. The summed E-state index contributed by atoms with van der Waals surface area (Å²) >= 11 is 7.45. The van der Waals surface area contributed by atoms with Crippen molar-refractivity contribution in [1.82, 2.24) is 4.90 Å². The third kappa shape index (κ3) is 2.77. The quantitative estimate of drug-likeness (QED) is 0.789. The largest absolute Gasteiger partial charge is 0.467 e. The summed E-state index contributed by atoms with van der Waals surface area (Å²) in [6.07, 6.45) is 2.49. The van der Waals surface area contributed by atoms with Crippen LogP contribution in [0.3, 0.4) is 0 Å². The molecular weight excluding hydrogens is 286 g/mol. The van der Waals surface area contributed by atoms with Crippen LogP contribution in [0.15, 0.2) is 5.38 Å². The lowest BCUT2D eigenvalue weighted by Crippen LogP contribution is -2.48. The molecule has 0 N–H and O–H groups in total. The highest BCUT2D eigenvalue weighted by Crippen LogP contribution is 2.30. The van der Waals surface area contributed by atoms with E-state index in [9.17, 15) is 9.59 Å². The van der Waals surface area contributed by atoms with Crippen LogP contribution in [0.5, 0.6) is 0 Å². The number of aryl methyl sites for hydroxylation is 1. The Bertz CT molecular complexity index is 500. The van der Waals surface area contributed by atoms with Gasteiger partial charge in [0.05, 0.1) is 12.1 Å². The van der Waals surface area contributed by atoms with Crippen molar-refractivity contribution >= 4 is 34.8 Å². The Kier molecular flexibility index (Phi) is 4.47. The summed E-state index contributed by atoms with van der Waals surface area (Å²) in [6.45, 7) is 2.44. The molecule has 0 saturated carbocycles. The van der Waals surface area contributed by atoms with Gasteiger partial charge in [-0.2, -0.15) is 0 Å². The maximum Gasteiger partial charge on any atom is 0.328 e. The first-order valence-corrected chi connectivity index (χ1v) is 7.44. The van der Waals surface area contributed by atoms with Gasteiger partial charge in [-0.05, 0) is 37.1 Å². The fourth-order valence-electron chi connectivity index (χ4n) is 2.26. The predicted molar refractivity (Wildman–Crippen MR) is 74.8 cm³/mol. The average Bonchev–Trinajstić information content (AvgIpc) is 2.77. The van der Waals surface area contributed by atoms with Crippen molar-refractivity contribution in [3.63, 3.8) is 0 Å². The molecule has 2 rings (SSSR count). The van der Waals surface area contributed by atoms with Gasteiger partial charge in [-0.3, -0.25) is 4.79 Å². The Morgan fingerprint density at radius 3 is 2.79 bits per heavy atom. The van der Waals surface area contributed by atoms with Crippen LogP contribution in [0.1, 0.15) is 34.5 Å². The maximum absolute atomic E-state index is 12.5. The molecule has 0 spiro atoms. The van der Waals surface area contributed by atoms with Gasteiger partial charge in [0.1, 0.15) is 10.9 Å². The van der Waals surface area contributed by atoms with E-state index in [-0.39, 0.29) is 11.9 Å². The van der Waals surface area contributed by atoms with Gasteiger partial charge in [0.15, 0.2) is 0 Å². The zero-order valence-corrected chi connectivity index (χ0v) is 12.5. The Hall–Kier alpha value is -1.07. The van der Waals surface area contributed by atoms with Crippen LogP contribution in [-0.2, 0) is 9.53 Å². The Labute approximate surface area is 121 Å². The monoisotopic (exact) mass is 301 g/mol. The number of carbonyl (C=O) groups excluding carboxylic acids is 2. The van der Waals surface area contributed by atoms with Gasteiger partial charge < -0.3 is 9.64 Å². The highest BCUT2D eigenvalue weighted by Gasteiger charge is 2.34. The molecule has 1 saturated heterocycles. The van der Waals surface area contributed by atoms with Crippen molar-refractivity contribution < 1.29 is 14.3 Å². The van der Waals surface area contributed by atoms with Crippen LogP contribution in [-0.4, -0.2) is 36.5 Å². The van der Waals surface area contributed by atoms with Crippen LogP contribution in [0.2, 0.25) is 5.02 Å². The number of nitrogens with zero attached hydrogens (tertiary/aromatic N) is 1. The van der Waals surface area contributed by atoms with E-state index < -0.39 is 6.04 Å². The number of rotatable bonds is 2. The van der Waals surface area contributed by atoms with E-state index in [2.05, 4.69) is 0 Å². The number of halogens is 1. The molecule has 1 unspecified atom stereocenters. The van der Waals surface area contributed by atoms with E-state index in [0.29, 0.717) is 22.9 Å². The van der Waals surface area contributed by atoms with Crippen LogP contribution in [0, 0.1) is 6.92 Å². The van der Waals surface area contributed by atoms with Gasteiger partial charge in [-0.15, -0.1) is 11.3 Å². The topological polar surface area (TPSA) is 46.6 Å². The minimum Gasteiger partial charge on any atom is -0.467 e. The molecule has 0 aromatic carbocycles. The number of piperidine rings is 1. The number of ether oxygens (including phenoxy) is 1. The molecule has 1 amide bonds. The lowest BCUT2D eigenvalue weighted by molar-refractivity contribution is -0.147.